The van der Waals surface area contributed by atoms with E-state index < -0.39 is 0 Å². The Bertz CT molecular complexity index is 151. The number of hydrogen-bond acceptors (Lipinski definition) is 3. The molecule has 1 amide bonds. The van der Waals surface area contributed by atoms with Gasteiger partial charge in [0.05, 0.1) is 12.6 Å². The highest BCUT2D eigenvalue weighted by Gasteiger charge is 2.18. The van der Waals surface area contributed by atoms with Gasteiger partial charge in [-0.1, -0.05) is 0 Å². The summed E-state index contributed by atoms with van der Waals surface area (Å²) < 4.78 is 5.22. The van der Waals surface area contributed by atoms with E-state index in [0.717, 1.165) is 19.6 Å². The van der Waals surface area contributed by atoms with Gasteiger partial charge in [-0.15, -0.1) is 0 Å². The van der Waals surface area contributed by atoms with Crippen molar-refractivity contribution in [2.75, 3.05) is 26.3 Å². The van der Waals surface area contributed by atoms with Crippen LogP contribution in [0.3, 0.4) is 0 Å². The van der Waals surface area contributed by atoms with Crippen LogP contribution in [0.25, 0.3) is 0 Å². The summed E-state index contributed by atoms with van der Waals surface area (Å²) >= 11 is 0. The lowest BCUT2D eigenvalue weighted by Crippen LogP contribution is -2.43. The van der Waals surface area contributed by atoms with E-state index in [1.165, 1.54) is 0 Å². The molecule has 0 spiro atoms. The Labute approximate surface area is 72.7 Å². The lowest BCUT2D eigenvalue weighted by Gasteiger charge is -2.21. The first-order valence-electron chi connectivity index (χ1n) is 4.34. The maximum absolute atomic E-state index is 11.4. The van der Waals surface area contributed by atoms with E-state index in [0.29, 0.717) is 13.2 Å². The number of nitrogens with two attached hydrogens (primary N) is 1. The third-order valence-corrected chi connectivity index (χ3v) is 1.92. The molecule has 0 bridgehead atoms. The second-order valence-corrected chi connectivity index (χ2v) is 3.08. The molecule has 1 rings (SSSR count). The van der Waals surface area contributed by atoms with Crippen molar-refractivity contribution in [3.05, 3.63) is 0 Å². The topological polar surface area (TPSA) is 55.6 Å². The van der Waals surface area contributed by atoms with E-state index in [-0.39, 0.29) is 11.9 Å². The minimum Gasteiger partial charge on any atom is -0.380 e. The number of carbonyl (C=O) groups excluding carboxylic acids is 1. The fraction of sp³-hybridized carbons (Fsp3) is 0.875. The fourth-order valence-electron chi connectivity index (χ4n) is 1.25. The van der Waals surface area contributed by atoms with Gasteiger partial charge in [0.2, 0.25) is 5.91 Å². The Balaban J connectivity index is 2.43. The predicted molar refractivity (Wildman–Crippen MR) is 45.7 cm³/mol. The molecule has 4 nitrogen and oxygen atoms in total. The van der Waals surface area contributed by atoms with Gasteiger partial charge in [-0.25, -0.2) is 0 Å². The van der Waals surface area contributed by atoms with Crippen LogP contribution >= 0.6 is 0 Å². The molecule has 2 N–H and O–H groups in total. The number of rotatable bonds is 1. The molecule has 1 unspecified atom stereocenters. The lowest BCUT2D eigenvalue weighted by atomic mass is 10.3. The van der Waals surface area contributed by atoms with E-state index in [1.54, 1.807) is 11.8 Å². The van der Waals surface area contributed by atoms with Gasteiger partial charge in [0.25, 0.3) is 0 Å². The van der Waals surface area contributed by atoms with Gasteiger partial charge < -0.3 is 15.4 Å². The Kier molecular flexibility index (Phi) is 3.49. The van der Waals surface area contributed by atoms with E-state index in [9.17, 15) is 4.79 Å². The van der Waals surface area contributed by atoms with Crippen molar-refractivity contribution in [2.45, 2.75) is 19.4 Å². The van der Waals surface area contributed by atoms with Gasteiger partial charge in [-0.2, -0.15) is 0 Å². The minimum absolute atomic E-state index is 0.0282. The molecule has 12 heavy (non-hydrogen) atoms. The monoisotopic (exact) mass is 172 g/mol. The van der Waals surface area contributed by atoms with Crippen molar-refractivity contribution in [2.24, 2.45) is 5.73 Å². The summed E-state index contributed by atoms with van der Waals surface area (Å²) in [4.78, 5) is 13.2. The highest BCUT2D eigenvalue weighted by molar-refractivity contribution is 5.81. The van der Waals surface area contributed by atoms with Crippen molar-refractivity contribution in [3.8, 4) is 0 Å². The summed E-state index contributed by atoms with van der Waals surface area (Å²) in [6, 6.07) is -0.386. The second kappa shape index (κ2) is 4.42. The Morgan fingerprint density at radius 2 is 2.25 bits per heavy atom. The summed E-state index contributed by atoms with van der Waals surface area (Å²) in [5.74, 6) is 0.0282. The van der Waals surface area contributed by atoms with Gasteiger partial charge in [0.15, 0.2) is 0 Å². The molecule has 1 atom stereocenters. The average molecular weight is 172 g/mol. The van der Waals surface area contributed by atoms with Crippen LogP contribution in [0.4, 0.5) is 0 Å². The molecule has 1 heterocycles. The van der Waals surface area contributed by atoms with Gasteiger partial charge in [0, 0.05) is 19.7 Å². The van der Waals surface area contributed by atoms with Crippen LogP contribution in [0.15, 0.2) is 0 Å². The standard InChI is InChI=1S/C8H16N2O2/c1-7(9)8(11)10-3-2-5-12-6-4-10/h7H,2-6,9H2,1H3. The number of carbonyl (C=O) groups is 1. The van der Waals surface area contributed by atoms with Crippen molar-refractivity contribution in [3.63, 3.8) is 0 Å². The van der Waals surface area contributed by atoms with E-state index >= 15 is 0 Å². The number of nitrogens with zero attached hydrogens (tertiary/aromatic N) is 1. The molecule has 0 saturated carbocycles. The predicted octanol–water partition coefficient (Wildman–Crippen LogP) is -0.417. The zero-order chi connectivity index (χ0) is 8.97. The lowest BCUT2D eigenvalue weighted by molar-refractivity contribution is -0.132. The summed E-state index contributed by atoms with van der Waals surface area (Å²) in [6.45, 7) is 4.57. The van der Waals surface area contributed by atoms with Crippen LogP contribution in [0.1, 0.15) is 13.3 Å². The SMILES string of the molecule is CC(N)C(=O)N1CCCOCC1. The number of amides is 1. The van der Waals surface area contributed by atoms with Crippen molar-refractivity contribution in [1.82, 2.24) is 4.90 Å². The largest absolute Gasteiger partial charge is 0.380 e. The molecule has 1 saturated heterocycles. The quantitative estimate of drug-likeness (QED) is 0.584. The Morgan fingerprint density at radius 1 is 1.50 bits per heavy atom. The molecule has 0 aliphatic carbocycles. The number of hydrogen-bond donors (Lipinski definition) is 1. The van der Waals surface area contributed by atoms with Crippen LogP contribution in [0.5, 0.6) is 0 Å². The molecule has 0 aromatic heterocycles. The Morgan fingerprint density at radius 3 is 2.92 bits per heavy atom. The molecule has 0 aromatic rings. The van der Waals surface area contributed by atoms with Crippen LogP contribution in [0.2, 0.25) is 0 Å². The number of ether oxygens (including phenoxy) is 1. The van der Waals surface area contributed by atoms with E-state index in [2.05, 4.69) is 0 Å². The maximum Gasteiger partial charge on any atom is 0.239 e. The second-order valence-electron chi connectivity index (χ2n) is 3.08. The maximum atomic E-state index is 11.4. The summed E-state index contributed by atoms with van der Waals surface area (Å²) in [7, 11) is 0. The Hall–Kier alpha value is -0.610. The van der Waals surface area contributed by atoms with E-state index in [1.807, 2.05) is 0 Å². The smallest absolute Gasteiger partial charge is 0.239 e. The first kappa shape index (κ1) is 9.48. The highest BCUT2D eigenvalue weighted by Crippen LogP contribution is 2.00. The highest BCUT2D eigenvalue weighted by atomic mass is 16.5. The molecule has 0 aromatic carbocycles. The minimum atomic E-state index is -0.386. The van der Waals surface area contributed by atoms with Crippen molar-refractivity contribution >= 4 is 5.91 Å². The summed E-state index contributed by atoms with van der Waals surface area (Å²) in [5, 5.41) is 0. The molecular formula is C8H16N2O2. The van der Waals surface area contributed by atoms with Crippen molar-refractivity contribution in [1.29, 1.82) is 0 Å². The zero-order valence-electron chi connectivity index (χ0n) is 7.45. The molecule has 1 aliphatic rings. The van der Waals surface area contributed by atoms with Crippen LogP contribution in [0, 0.1) is 0 Å². The first-order chi connectivity index (χ1) is 5.72. The molecule has 1 fully saturated rings. The van der Waals surface area contributed by atoms with Crippen molar-refractivity contribution < 1.29 is 9.53 Å². The molecule has 4 heteroatoms. The molecule has 0 radical (unpaired) electrons. The van der Waals surface area contributed by atoms with Crippen LogP contribution in [-0.4, -0.2) is 43.2 Å². The van der Waals surface area contributed by atoms with Gasteiger partial charge >= 0.3 is 0 Å². The first-order valence-corrected chi connectivity index (χ1v) is 4.34. The van der Waals surface area contributed by atoms with Gasteiger partial charge in [0.1, 0.15) is 0 Å². The molecule has 1 aliphatic heterocycles. The van der Waals surface area contributed by atoms with Crippen LogP contribution < -0.4 is 5.73 Å². The normalized spacial score (nSPS) is 21.7. The van der Waals surface area contributed by atoms with Gasteiger partial charge in [-0.3, -0.25) is 4.79 Å². The zero-order valence-corrected chi connectivity index (χ0v) is 7.45. The average Bonchev–Trinajstić information content (AvgIpc) is 2.30. The third kappa shape index (κ3) is 2.46. The van der Waals surface area contributed by atoms with Crippen LogP contribution in [-0.2, 0) is 9.53 Å². The molecular weight excluding hydrogens is 156 g/mol. The molecule has 70 valence electrons. The van der Waals surface area contributed by atoms with E-state index in [4.69, 9.17) is 10.5 Å². The van der Waals surface area contributed by atoms with Gasteiger partial charge in [-0.05, 0) is 13.3 Å². The fourth-order valence-corrected chi connectivity index (χ4v) is 1.25. The third-order valence-electron chi connectivity index (χ3n) is 1.92. The summed E-state index contributed by atoms with van der Waals surface area (Å²) in [6.07, 6.45) is 0.915. The summed E-state index contributed by atoms with van der Waals surface area (Å²) in [5.41, 5.74) is 5.49.